The lowest BCUT2D eigenvalue weighted by atomic mass is 10.1. The number of nitrogens with one attached hydrogen (secondary N) is 1. The summed E-state index contributed by atoms with van der Waals surface area (Å²) < 4.78 is 1.68. The molecule has 150 valence electrons. The van der Waals surface area contributed by atoms with E-state index in [1.165, 1.54) is 19.3 Å². The first-order valence-corrected chi connectivity index (χ1v) is 10.4. The van der Waals surface area contributed by atoms with Crippen molar-refractivity contribution in [1.82, 2.24) is 9.78 Å². The number of halogens is 1. The Bertz CT molecular complexity index is 993. The standard InChI is InChI=1S/C23H25ClN4O/c1-17-21(22(24)28(26-17)16-18-10-4-2-5-11-18)23(29)25-19-12-6-7-13-20(19)27-14-8-3-9-15-27/h2,4-7,10-13H,3,8-9,14-16H2,1H3,(H,25,29). The molecule has 1 aliphatic rings. The van der Waals surface area contributed by atoms with Crippen LogP contribution in [0, 0.1) is 6.92 Å². The van der Waals surface area contributed by atoms with Gasteiger partial charge in [0, 0.05) is 13.1 Å². The summed E-state index contributed by atoms with van der Waals surface area (Å²) in [6.07, 6.45) is 3.62. The van der Waals surface area contributed by atoms with Gasteiger partial charge in [-0.05, 0) is 43.9 Å². The van der Waals surface area contributed by atoms with Crippen LogP contribution >= 0.6 is 11.6 Å². The van der Waals surface area contributed by atoms with Crippen molar-refractivity contribution in [3.63, 3.8) is 0 Å². The van der Waals surface area contributed by atoms with Gasteiger partial charge < -0.3 is 10.2 Å². The van der Waals surface area contributed by atoms with Gasteiger partial charge in [-0.25, -0.2) is 4.68 Å². The van der Waals surface area contributed by atoms with E-state index in [1.54, 1.807) is 4.68 Å². The first kappa shape index (κ1) is 19.5. The molecule has 0 aliphatic carbocycles. The van der Waals surface area contributed by atoms with Crippen molar-refractivity contribution in [3.8, 4) is 0 Å². The number of aromatic nitrogens is 2. The second kappa shape index (κ2) is 8.70. The average molecular weight is 409 g/mol. The summed E-state index contributed by atoms with van der Waals surface area (Å²) >= 11 is 6.56. The second-order valence-corrected chi connectivity index (χ2v) is 7.77. The normalized spacial score (nSPS) is 14.1. The summed E-state index contributed by atoms with van der Waals surface area (Å²) in [5, 5.41) is 7.92. The monoisotopic (exact) mass is 408 g/mol. The van der Waals surface area contributed by atoms with Crippen LogP contribution in [0.4, 0.5) is 11.4 Å². The SMILES string of the molecule is Cc1nn(Cc2ccccc2)c(Cl)c1C(=O)Nc1ccccc1N1CCCCC1. The molecule has 0 bridgehead atoms. The predicted octanol–water partition coefficient (Wildman–Crippen LogP) is 5.14. The highest BCUT2D eigenvalue weighted by molar-refractivity contribution is 6.33. The van der Waals surface area contributed by atoms with Crippen LogP contribution in [0.15, 0.2) is 54.6 Å². The zero-order chi connectivity index (χ0) is 20.2. The van der Waals surface area contributed by atoms with Gasteiger partial charge in [-0.2, -0.15) is 5.10 Å². The number of carbonyl (C=O) groups excluding carboxylic acids is 1. The molecular weight excluding hydrogens is 384 g/mol. The molecule has 3 aromatic rings. The molecule has 1 amide bonds. The number of rotatable bonds is 5. The molecule has 29 heavy (non-hydrogen) atoms. The number of hydrogen-bond donors (Lipinski definition) is 1. The summed E-state index contributed by atoms with van der Waals surface area (Å²) in [7, 11) is 0. The topological polar surface area (TPSA) is 50.2 Å². The molecule has 2 heterocycles. The van der Waals surface area contributed by atoms with Gasteiger partial charge in [-0.1, -0.05) is 54.1 Å². The molecule has 1 aromatic heterocycles. The van der Waals surface area contributed by atoms with Crippen molar-refractivity contribution in [2.24, 2.45) is 0 Å². The molecule has 2 aromatic carbocycles. The second-order valence-electron chi connectivity index (χ2n) is 7.41. The number of hydrogen-bond acceptors (Lipinski definition) is 3. The van der Waals surface area contributed by atoms with Crippen LogP contribution < -0.4 is 10.2 Å². The van der Waals surface area contributed by atoms with Crippen molar-refractivity contribution < 1.29 is 4.79 Å². The quantitative estimate of drug-likeness (QED) is 0.636. The molecule has 0 saturated carbocycles. The van der Waals surface area contributed by atoms with Crippen LogP contribution in [0.5, 0.6) is 0 Å². The van der Waals surface area contributed by atoms with Crippen molar-refractivity contribution >= 4 is 28.9 Å². The van der Waals surface area contributed by atoms with Crippen LogP contribution in [-0.2, 0) is 6.54 Å². The van der Waals surface area contributed by atoms with Gasteiger partial charge >= 0.3 is 0 Å². The van der Waals surface area contributed by atoms with Crippen LogP contribution in [0.1, 0.15) is 40.9 Å². The Kier molecular flexibility index (Phi) is 5.86. The number of para-hydroxylation sites is 2. The number of piperidine rings is 1. The molecule has 5 nitrogen and oxygen atoms in total. The van der Waals surface area contributed by atoms with Gasteiger partial charge in [0.1, 0.15) is 5.15 Å². The molecule has 0 atom stereocenters. The van der Waals surface area contributed by atoms with Gasteiger partial charge in [-0.15, -0.1) is 0 Å². The Morgan fingerprint density at radius 3 is 2.48 bits per heavy atom. The maximum atomic E-state index is 13.1. The molecule has 1 saturated heterocycles. The van der Waals surface area contributed by atoms with Crippen LogP contribution in [-0.4, -0.2) is 28.8 Å². The van der Waals surface area contributed by atoms with Crippen molar-refractivity contribution in [2.45, 2.75) is 32.7 Å². The fourth-order valence-corrected chi connectivity index (χ4v) is 4.17. The minimum atomic E-state index is -0.226. The molecule has 6 heteroatoms. The highest BCUT2D eigenvalue weighted by Crippen LogP contribution is 2.30. The third-order valence-electron chi connectivity index (χ3n) is 5.32. The van der Waals surface area contributed by atoms with Crippen LogP contribution in [0.25, 0.3) is 0 Å². The lowest BCUT2D eigenvalue weighted by Crippen LogP contribution is -2.30. The van der Waals surface area contributed by atoms with E-state index in [1.807, 2.05) is 55.5 Å². The van der Waals surface area contributed by atoms with E-state index < -0.39 is 0 Å². The van der Waals surface area contributed by atoms with Crippen LogP contribution in [0.2, 0.25) is 5.15 Å². The number of amides is 1. The Morgan fingerprint density at radius 2 is 1.72 bits per heavy atom. The van der Waals surface area contributed by atoms with Crippen molar-refractivity contribution in [1.29, 1.82) is 0 Å². The van der Waals surface area contributed by atoms with E-state index >= 15 is 0 Å². The lowest BCUT2D eigenvalue weighted by molar-refractivity contribution is 0.102. The van der Waals surface area contributed by atoms with Crippen molar-refractivity contribution in [2.75, 3.05) is 23.3 Å². The van der Waals surface area contributed by atoms with Gasteiger partial charge in [0.05, 0.1) is 29.2 Å². The smallest absolute Gasteiger partial charge is 0.260 e. The highest BCUT2D eigenvalue weighted by Gasteiger charge is 2.22. The van der Waals surface area contributed by atoms with Gasteiger partial charge in [0.25, 0.3) is 5.91 Å². The van der Waals surface area contributed by atoms with E-state index in [0.29, 0.717) is 23.0 Å². The number of anilines is 2. The fourth-order valence-electron chi connectivity index (χ4n) is 3.85. The molecule has 1 fully saturated rings. The van der Waals surface area contributed by atoms with E-state index in [4.69, 9.17) is 11.6 Å². The van der Waals surface area contributed by atoms with Gasteiger partial charge in [0.2, 0.25) is 0 Å². The number of aryl methyl sites for hydroxylation is 1. The average Bonchev–Trinajstić information content (AvgIpc) is 3.03. The first-order valence-electron chi connectivity index (χ1n) is 10.1. The Balaban J connectivity index is 1.57. The van der Waals surface area contributed by atoms with Crippen LogP contribution in [0.3, 0.4) is 0 Å². The molecule has 0 radical (unpaired) electrons. The summed E-state index contributed by atoms with van der Waals surface area (Å²) in [6.45, 7) is 4.38. The molecule has 1 N–H and O–H groups in total. The Labute approximate surface area is 176 Å². The highest BCUT2D eigenvalue weighted by atomic mass is 35.5. The lowest BCUT2D eigenvalue weighted by Gasteiger charge is -2.30. The number of carbonyl (C=O) groups is 1. The number of benzene rings is 2. The van der Waals surface area contributed by atoms with Gasteiger partial charge in [0.15, 0.2) is 0 Å². The molecular formula is C23H25ClN4O. The molecule has 0 unspecified atom stereocenters. The molecule has 4 rings (SSSR count). The van der Waals surface area contributed by atoms with E-state index in [9.17, 15) is 4.79 Å². The summed E-state index contributed by atoms with van der Waals surface area (Å²) in [5.74, 6) is -0.226. The minimum Gasteiger partial charge on any atom is -0.370 e. The first-order chi connectivity index (χ1) is 14.1. The summed E-state index contributed by atoms with van der Waals surface area (Å²) in [4.78, 5) is 15.4. The third kappa shape index (κ3) is 4.30. The van der Waals surface area contributed by atoms with E-state index in [0.717, 1.165) is 30.0 Å². The predicted molar refractivity (Wildman–Crippen MR) is 118 cm³/mol. The Hall–Kier alpha value is -2.79. The zero-order valence-electron chi connectivity index (χ0n) is 16.6. The van der Waals surface area contributed by atoms with Crippen molar-refractivity contribution in [3.05, 3.63) is 76.6 Å². The Morgan fingerprint density at radius 1 is 1.03 bits per heavy atom. The molecule has 0 spiro atoms. The summed E-state index contributed by atoms with van der Waals surface area (Å²) in [5.41, 5.74) is 4.01. The van der Waals surface area contributed by atoms with E-state index in [2.05, 4.69) is 21.4 Å². The minimum absolute atomic E-state index is 0.226. The zero-order valence-corrected chi connectivity index (χ0v) is 17.3. The molecule has 1 aliphatic heterocycles. The summed E-state index contributed by atoms with van der Waals surface area (Å²) in [6, 6.07) is 17.9. The maximum Gasteiger partial charge on any atom is 0.260 e. The van der Waals surface area contributed by atoms with Gasteiger partial charge in [-0.3, -0.25) is 4.79 Å². The van der Waals surface area contributed by atoms with E-state index in [-0.39, 0.29) is 5.91 Å². The maximum absolute atomic E-state index is 13.1. The fraction of sp³-hybridized carbons (Fsp3) is 0.304. The largest absolute Gasteiger partial charge is 0.370 e. The number of nitrogens with zero attached hydrogens (tertiary/aromatic N) is 3. The third-order valence-corrected chi connectivity index (χ3v) is 5.70.